The van der Waals surface area contributed by atoms with E-state index in [2.05, 4.69) is 0 Å². The highest BCUT2D eigenvalue weighted by molar-refractivity contribution is 6.30. The molecule has 1 aliphatic heterocycles. The zero-order valence-corrected chi connectivity index (χ0v) is 13.9. The molecule has 1 aliphatic rings. The number of aromatic carboxylic acids is 1. The number of piperidine rings is 1. The lowest BCUT2D eigenvalue weighted by atomic mass is 9.86. The van der Waals surface area contributed by atoms with E-state index in [1.165, 1.54) is 0 Å². The summed E-state index contributed by atoms with van der Waals surface area (Å²) < 4.78 is 0. The fourth-order valence-corrected chi connectivity index (χ4v) is 3.34. The van der Waals surface area contributed by atoms with Gasteiger partial charge in [0.05, 0.1) is 5.56 Å². The number of amides is 1. The van der Waals surface area contributed by atoms with E-state index in [1.54, 1.807) is 36.4 Å². The second kappa shape index (κ2) is 7.05. The Labute approximate surface area is 145 Å². The van der Waals surface area contributed by atoms with Crippen LogP contribution in [0.25, 0.3) is 0 Å². The van der Waals surface area contributed by atoms with Gasteiger partial charge in [0.25, 0.3) is 5.91 Å². The molecule has 124 valence electrons. The molecular weight excluding hydrogens is 326 g/mol. The summed E-state index contributed by atoms with van der Waals surface area (Å²) in [7, 11) is 0. The maximum absolute atomic E-state index is 12.5. The highest BCUT2D eigenvalue weighted by Crippen LogP contribution is 2.31. The van der Waals surface area contributed by atoms with E-state index in [0.29, 0.717) is 29.2 Å². The van der Waals surface area contributed by atoms with Gasteiger partial charge in [0.2, 0.25) is 0 Å². The SMILES string of the molecule is O=C(O)c1ccccc1C1CCN(C(=O)c2ccc(Cl)cc2)CC1. The highest BCUT2D eigenvalue weighted by Gasteiger charge is 2.26. The minimum atomic E-state index is -0.898. The van der Waals surface area contributed by atoms with E-state index >= 15 is 0 Å². The molecule has 0 radical (unpaired) electrons. The number of rotatable bonds is 3. The number of hydrogen-bond donors (Lipinski definition) is 1. The zero-order valence-electron chi connectivity index (χ0n) is 13.1. The topological polar surface area (TPSA) is 57.6 Å². The quantitative estimate of drug-likeness (QED) is 0.914. The minimum Gasteiger partial charge on any atom is -0.478 e. The van der Waals surface area contributed by atoms with Crippen LogP contribution in [0.5, 0.6) is 0 Å². The molecule has 0 atom stereocenters. The summed E-state index contributed by atoms with van der Waals surface area (Å²) in [6.45, 7) is 1.25. The largest absolute Gasteiger partial charge is 0.478 e. The van der Waals surface area contributed by atoms with Crippen LogP contribution in [-0.2, 0) is 0 Å². The fraction of sp³-hybridized carbons (Fsp3) is 0.263. The second-order valence-corrected chi connectivity index (χ2v) is 6.40. The van der Waals surface area contributed by atoms with Gasteiger partial charge in [-0.3, -0.25) is 4.79 Å². The van der Waals surface area contributed by atoms with Gasteiger partial charge in [-0.25, -0.2) is 4.79 Å². The van der Waals surface area contributed by atoms with E-state index in [1.807, 2.05) is 17.0 Å². The standard InChI is InChI=1S/C19H18ClNO3/c20-15-7-5-14(6-8-15)18(22)21-11-9-13(10-12-21)16-3-1-2-4-17(16)19(23)24/h1-8,13H,9-12H2,(H,23,24). The van der Waals surface area contributed by atoms with Crippen molar-refractivity contribution in [1.29, 1.82) is 0 Å². The third-order valence-electron chi connectivity index (χ3n) is 4.50. The van der Waals surface area contributed by atoms with Crippen molar-refractivity contribution in [2.75, 3.05) is 13.1 Å². The summed E-state index contributed by atoms with van der Waals surface area (Å²) in [6.07, 6.45) is 1.53. The number of carbonyl (C=O) groups is 2. The number of hydrogen-bond acceptors (Lipinski definition) is 2. The Balaban J connectivity index is 1.69. The van der Waals surface area contributed by atoms with Gasteiger partial charge in [0.1, 0.15) is 0 Å². The van der Waals surface area contributed by atoms with Crippen LogP contribution in [0.1, 0.15) is 45.0 Å². The third kappa shape index (κ3) is 3.44. The second-order valence-electron chi connectivity index (χ2n) is 5.97. The molecule has 0 spiro atoms. The molecule has 0 saturated carbocycles. The van der Waals surface area contributed by atoms with Gasteiger partial charge in [0, 0.05) is 23.7 Å². The van der Waals surface area contributed by atoms with E-state index in [9.17, 15) is 14.7 Å². The van der Waals surface area contributed by atoms with E-state index in [4.69, 9.17) is 11.6 Å². The van der Waals surface area contributed by atoms with Crippen molar-refractivity contribution in [3.05, 3.63) is 70.2 Å². The summed E-state index contributed by atoms with van der Waals surface area (Å²) in [5.41, 5.74) is 1.85. The Kier molecular flexibility index (Phi) is 4.86. The third-order valence-corrected chi connectivity index (χ3v) is 4.76. The lowest BCUT2D eigenvalue weighted by Crippen LogP contribution is -2.38. The molecule has 2 aromatic rings. The molecule has 0 bridgehead atoms. The van der Waals surface area contributed by atoms with Gasteiger partial charge in [-0.2, -0.15) is 0 Å². The molecule has 1 saturated heterocycles. The Morgan fingerprint density at radius 2 is 1.62 bits per heavy atom. The minimum absolute atomic E-state index is 0.00311. The first kappa shape index (κ1) is 16.5. The monoisotopic (exact) mass is 343 g/mol. The molecule has 1 N–H and O–H groups in total. The van der Waals surface area contributed by atoms with Crippen LogP contribution in [0.15, 0.2) is 48.5 Å². The van der Waals surface area contributed by atoms with Crippen molar-refractivity contribution in [1.82, 2.24) is 4.90 Å². The fourth-order valence-electron chi connectivity index (χ4n) is 3.22. The van der Waals surface area contributed by atoms with E-state index in [-0.39, 0.29) is 11.8 Å². The summed E-state index contributed by atoms with van der Waals surface area (Å²) in [4.78, 5) is 25.7. The first-order valence-corrected chi connectivity index (χ1v) is 8.31. The molecule has 3 rings (SSSR count). The van der Waals surface area contributed by atoms with Gasteiger partial charge in [-0.05, 0) is 54.7 Å². The van der Waals surface area contributed by atoms with Crippen LogP contribution in [0.3, 0.4) is 0 Å². The van der Waals surface area contributed by atoms with Crippen LogP contribution in [0, 0.1) is 0 Å². The summed E-state index contributed by atoms with van der Waals surface area (Å²) in [6, 6.07) is 14.0. The average molecular weight is 344 g/mol. The Bertz CT molecular complexity index is 749. The number of carbonyl (C=O) groups excluding carboxylic acids is 1. The predicted molar refractivity (Wildman–Crippen MR) is 92.7 cm³/mol. The Morgan fingerprint density at radius 3 is 2.25 bits per heavy atom. The summed E-state index contributed by atoms with van der Waals surface area (Å²) in [5.74, 6) is -0.728. The Hall–Kier alpha value is -2.33. The summed E-state index contributed by atoms with van der Waals surface area (Å²) >= 11 is 5.86. The molecule has 0 aliphatic carbocycles. The van der Waals surface area contributed by atoms with Crippen LogP contribution >= 0.6 is 11.6 Å². The normalized spacial score (nSPS) is 15.3. The molecular formula is C19H18ClNO3. The number of nitrogens with zero attached hydrogens (tertiary/aromatic N) is 1. The first-order chi connectivity index (χ1) is 11.6. The van der Waals surface area contributed by atoms with Crippen molar-refractivity contribution in [3.8, 4) is 0 Å². The van der Waals surface area contributed by atoms with Crippen LogP contribution in [-0.4, -0.2) is 35.0 Å². The zero-order chi connectivity index (χ0) is 17.1. The van der Waals surface area contributed by atoms with Gasteiger partial charge in [0.15, 0.2) is 0 Å². The molecule has 4 nitrogen and oxygen atoms in total. The van der Waals surface area contributed by atoms with Gasteiger partial charge in [-0.1, -0.05) is 29.8 Å². The van der Waals surface area contributed by atoms with Crippen molar-refractivity contribution in [2.24, 2.45) is 0 Å². The van der Waals surface area contributed by atoms with Crippen LogP contribution < -0.4 is 0 Å². The van der Waals surface area contributed by atoms with Crippen LogP contribution in [0.4, 0.5) is 0 Å². The molecule has 1 amide bonds. The van der Waals surface area contributed by atoms with Gasteiger partial charge in [-0.15, -0.1) is 0 Å². The first-order valence-electron chi connectivity index (χ1n) is 7.93. The maximum atomic E-state index is 12.5. The number of benzene rings is 2. The van der Waals surface area contributed by atoms with Gasteiger partial charge < -0.3 is 10.0 Å². The molecule has 0 unspecified atom stereocenters. The van der Waals surface area contributed by atoms with Crippen LogP contribution in [0.2, 0.25) is 5.02 Å². The van der Waals surface area contributed by atoms with Crippen molar-refractivity contribution >= 4 is 23.5 Å². The highest BCUT2D eigenvalue weighted by atomic mass is 35.5. The smallest absolute Gasteiger partial charge is 0.335 e. The number of likely N-dealkylation sites (tertiary alicyclic amines) is 1. The molecule has 2 aromatic carbocycles. The van der Waals surface area contributed by atoms with E-state index < -0.39 is 5.97 Å². The van der Waals surface area contributed by atoms with Crippen molar-refractivity contribution in [3.63, 3.8) is 0 Å². The Morgan fingerprint density at radius 1 is 1.00 bits per heavy atom. The number of carboxylic acids is 1. The average Bonchev–Trinajstić information content (AvgIpc) is 2.62. The number of halogens is 1. The lowest BCUT2D eigenvalue weighted by Gasteiger charge is -2.32. The molecule has 1 heterocycles. The predicted octanol–water partition coefficient (Wildman–Crippen LogP) is 4.06. The van der Waals surface area contributed by atoms with E-state index in [0.717, 1.165) is 18.4 Å². The number of carboxylic acid groups (broad SMARTS) is 1. The summed E-state index contributed by atoms with van der Waals surface area (Å²) in [5, 5.41) is 9.94. The molecule has 24 heavy (non-hydrogen) atoms. The maximum Gasteiger partial charge on any atom is 0.335 e. The lowest BCUT2D eigenvalue weighted by molar-refractivity contribution is 0.0680. The molecule has 5 heteroatoms. The molecule has 1 fully saturated rings. The van der Waals surface area contributed by atoms with Crippen molar-refractivity contribution < 1.29 is 14.7 Å². The van der Waals surface area contributed by atoms with Crippen molar-refractivity contribution in [2.45, 2.75) is 18.8 Å². The van der Waals surface area contributed by atoms with Gasteiger partial charge >= 0.3 is 5.97 Å². The molecule has 0 aromatic heterocycles.